The summed E-state index contributed by atoms with van der Waals surface area (Å²) in [7, 11) is 1.47. The van der Waals surface area contributed by atoms with Crippen LogP contribution in [0.4, 0.5) is 4.79 Å². The Bertz CT molecular complexity index is 498. The minimum atomic E-state index is -1.01. The van der Waals surface area contributed by atoms with Crippen molar-refractivity contribution >= 4 is 12.1 Å². The van der Waals surface area contributed by atoms with E-state index in [0.29, 0.717) is 18.7 Å². The molecule has 0 unspecified atom stereocenters. The standard InChI is InChI=1S/C14H17NO5/c1-3-8-20-14(18)15-7-6-10-4-5-11(13(16)17)9-12(10)19-2/h3-5,9H,1,6-8H2,2H3,(H,15,18)(H,16,17). The van der Waals surface area contributed by atoms with E-state index in [-0.39, 0.29) is 12.2 Å². The fourth-order valence-electron chi connectivity index (χ4n) is 1.57. The molecule has 108 valence electrons. The average Bonchev–Trinajstić information content (AvgIpc) is 2.45. The number of hydrogen-bond acceptors (Lipinski definition) is 4. The number of aromatic carboxylic acids is 1. The third kappa shape index (κ3) is 4.64. The zero-order chi connectivity index (χ0) is 15.0. The number of methoxy groups -OCH3 is 1. The van der Waals surface area contributed by atoms with E-state index in [1.165, 1.54) is 25.3 Å². The topological polar surface area (TPSA) is 84.9 Å². The molecule has 0 aliphatic carbocycles. The van der Waals surface area contributed by atoms with Crippen molar-refractivity contribution in [1.29, 1.82) is 0 Å². The van der Waals surface area contributed by atoms with E-state index in [2.05, 4.69) is 11.9 Å². The fraction of sp³-hybridized carbons (Fsp3) is 0.286. The lowest BCUT2D eigenvalue weighted by Gasteiger charge is -2.10. The molecule has 20 heavy (non-hydrogen) atoms. The van der Waals surface area contributed by atoms with Crippen LogP contribution in [0.15, 0.2) is 30.9 Å². The van der Waals surface area contributed by atoms with Gasteiger partial charge in [-0.25, -0.2) is 9.59 Å². The molecule has 1 aromatic rings. The van der Waals surface area contributed by atoms with Gasteiger partial charge in [0, 0.05) is 6.54 Å². The normalized spacial score (nSPS) is 9.65. The minimum Gasteiger partial charge on any atom is -0.496 e. The molecule has 0 spiro atoms. The van der Waals surface area contributed by atoms with Gasteiger partial charge in [0.1, 0.15) is 12.4 Å². The van der Waals surface area contributed by atoms with Crippen LogP contribution < -0.4 is 10.1 Å². The van der Waals surface area contributed by atoms with Gasteiger partial charge in [-0.1, -0.05) is 18.7 Å². The summed E-state index contributed by atoms with van der Waals surface area (Å²) < 4.78 is 9.90. The Morgan fingerprint density at radius 1 is 1.45 bits per heavy atom. The maximum Gasteiger partial charge on any atom is 0.407 e. The third-order valence-corrected chi connectivity index (χ3v) is 2.53. The highest BCUT2D eigenvalue weighted by Crippen LogP contribution is 2.20. The first-order valence-corrected chi connectivity index (χ1v) is 6.00. The van der Waals surface area contributed by atoms with Gasteiger partial charge in [-0.05, 0) is 24.1 Å². The third-order valence-electron chi connectivity index (χ3n) is 2.53. The van der Waals surface area contributed by atoms with Crippen molar-refractivity contribution < 1.29 is 24.2 Å². The van der Waals surface area contributed by atoms with Gasteiger partial charge in [-0.15, -0.1) is 0 Å². The quantitative estimate of drug-likeness (QED) is 0.744. The van der Waals surface area contributed by atoms with Gasteiger partial charge in [-0.2, -0.15) is 0 Å². The molecule has 0 bridgehead atoms. The number of carboxylic acids is 1. The summed E-state index contributed by atoms with van der Waals surface area (Å²) in [6.45, 7) is 3.95. The molecule has 1 amide bonds. The smallest absolute Gasteiger partial charge is 0.407 e. The number of benzene rings is 1. The van der Waals surface area contributed by atoms with E-state index >= 15 is 0 Å². The van der Waals surface area contributed by atoms with E-state index in [0.717, 1.165) is 5.56 Å². The molecule has 6 heteroatoms. The molecule has 6 nitrogen and oxygen atoms in total. The first kappa shape index (κ1) is 15.6. The van der Waals surface area contributed by atoms with Gasteiger partial charge >= 0.3 is 12.1 Å². The van der Waals surface area contributed by atoms with E-state index in [9.17, 15) is 9.59 Å². The Morgan fingerprint density at radius 3 is 2.80 bits per heavy atom. The molecule has 0 saturated carbocycles. The molecule has 0 atom stereocenters. The van der Waals surface area contributed by atoms with E-state index in [1.54, 1.807) is 6.07 Å². The van der Waals surface area contributed by atoms with Crippen molar-refractivity contribution in [3.05, 3.63) is 42.0 Å². The Morgan fingerprint density at radius 2 is 2.20 bits per heavy atom. The molecule has 0 radical (unpaired) electrons. The molecule has 0 aliphatic heterocycles. The first-order chi connectivity index (χ1) is 9.58. The SMILES string of the molecule is C=CCOC(=O)NCCc1ccc(C(=O)O)cc1OC. The van der Waals surface area contributed by atoms with Gasteiger partial charge in [0.25, 0.3) is 0 Å². The first-order valence-electron chi connectivity index (χ1n) is 6.00. The van der Waals surface area contributed by atoms with Crippen LogP contribution in [0.25, 0.3) is 0 Å². The van der Waals surface area contributed by atoms with Crippen LogP contribution in [0.1, 0.15) is 15.9 Å². The maximum atomic E-state index is 11.2. The number of carbonyl (C=O) groups is 2. The Balaban J connectivity index is 2.57. The second kappa shape index (κ2) is 7.83. The van der Waals surface area contributed by atoms with Gasteiger partial charge in [0.2, 0.25) is 0 Å². The number of ether oxygens (including phenoxy) is 2. The number of nitrogens with one attached hydrogen (secondary N) is 1. The molecule has 0 aromatic heterocycles. The average molecular weight is 279 g/mol. The van der Waals surface area contributed by atoms with Crippen molar-refractivity contribution in [2.24, 2.45) is 0 Å². The van der Waals surface area contributed by atoms with Crippen LogP contribution in [-0.2, 0) is 11.2 Å². The highest BCUT2D eigenvalue weighted by atomic mass is 16.5. The second-order valence-corrected chi connectivity index (χ2v) is 3.90. The van der Waals surface area contributed by atoms with Crippen molar-refractivity contribution in [2.75, 3.05) is 20.3 Å². The Labute approximate surface area is 117 Å². The Kier molecular flexibility index (Phi) is 6.09. The van der Waals surface area contributed by atoms with Crippen molar-refractivity contribution in [3.63, 3.8) is 0 Å². The number of amides is 1. The fourth-order valence-corrected chi connectivity index (χ4v) is 1.57. The molecule has 1 aromatic carbocycles. The molecule has 0 saturated heterocycles. The lowest BCUT2D eigenvalue weighted by atomic mass is 10.1. The molecular weight excluding hydrogens is 262 g/mol. The number of rotatable bonds is 7. The summed E-state index contributed by atoms with van der Waals surface area (Å²) in [6, 6.07) is 4.61. The Hall–Kier alpha value is -2.50. The van der Waals surface area contributed by atoms with Crippen LogP contribution in [0, 0.1) is 0 Å². The number of carbonyl (C=O) groups excluding carboxylic acids is 1. The van der Waals surface area contributed by atoms with Gasteiger partial charge < -0.3 is 19.9 Å². The maximum absolute atomic E-state index is 11.2. The van der Waals surface area contributed by atoms with Gasteiger partial charge in [0.05, 0.1) is 12.7 Å². The largest absolute Gasteiger partial charge is 0.496 e. The second-order valence-electron chi connectivity index (χ2n) is 3.90. The summed E-state index contributed by atoms with van der Waals surface area (Å²) in [5.74, 6) is -0.535. The lowest BCUT2D eigenvalue weighted by Crippen LogP contribution is -2.26. The highest BCUT2D eigenvalue weighted by Gasteiger charge is 2.09. The van der Waals surface area contributed by atoms with Gasteiger partial charge in [0.15, 0.2) is 0 Å². The summed E-state index contributed by atoms with van der Waals surface area (Å²) in [5.41, 5.74) is 0.963. The molecule has 1 rings (SSSR count). The van der Waals surface area contributed by atoms with Crippen molar-refractivity contribution in [2.45, 2.75) is 6.42 Å². The van der Waals surface area contributed by atoms with Crippen LogP contribution in [-0.4, -0.2) is 37.4 Å². The lowest BCUT2D eigenvalue weighted by molar-refractivity contribution is 0.0696. The minimum absolute atomic E-state index is 0.155. The molecule has 0 heterocycles. The van der Waals surface area contributed by atoms with Crippen LogP contribution in [0.5, 0.6) is 5.75 Å². The van der Waals surface area contributed by atoms with E-state index in [4.69, 9.17) is 14.6 Å². The molecule has 0 fully saturated rings. The van der Waals surface area contributed by atoms with Crippen LogP contribution in [0.2, 0.25) is 0 Å². The van der Waals surface area contributed by atoms with Crippen molar-refractivity contribution in [3.8, 4) is 5.75 Å². The zero-order valence-electron chi connectivity index (χ0n) is 11.2. The van der Waals surface area contributed by atoms with E-state index < -0.39 is 12.1 Å². The summed E-state index contributed by atoms with van der Waals surface area (Å²) in [4.78, 5) is 22.0. The van der Waals surface area contributed by atoms with Gasteiger partial charge in [-0.3, -0.25) is 0 Å². The number of alkyl carbamates (subject to hydrolysis) is 1. The van der Waals surface area contributed by atoms with Crippen molar-refractivity contribution in [1.82, 2.24) is 5.32 Å². The highest BCUT2D eigenvalue weighted by molar-refractivity contribution is 5.88. The zero-order valence-corrected chi connectivity index (χ0v) is 11.2. The summed E-state index contributed by atoms with van der Waals surface area (Å²) in [6.07, 6.45) is 1.46. The molecule has 2 N–H and O–H groups in total. The molecule has 0 aliphatic rings. The number of hydrogen-bond donors (Lipinski definition) is 2. The predicted molar refractivity (Wildman–Crippen MR) is 73.2 cm³/mol. The summed E-state index contributed by atoms with van der Waals surface area (Å²) in [5, 5.41) is 11.5. The van der Waals surface area contributed by atoms with E-state index in [1.807, 2.05) is 0 Å². The molecular formula is C14H17NO5. The summed E-state index contributed by atoms with van der Waals surface area (Å²) >= 11 is 0. The number of carboxylic acid groups (broad SMARTS) is 1. The van der Waals surface area contributed by atoms with Crippen LogP contribution in [0.3, 0.4) is 0 Å². The monoisotopic (exact) mass is 279 g/mol. The van der Waals surface area contributed by atoms with Crippen LogP contribution >= 0.6 is 0 Å². The predicted octanol–water partition coefficient (Wildman–Crippen LogP) is 1.85.